The number of hydrogen-bond acceptors (Lipinski definition) is 3. The zero-order valence-corrected chi connectivity index (χ0v) is 10.9. The normalized spacial score (nSPS) is 10.8. The van der Waals surface area contributed by atoms with E-state index in [-0.39, 0.29) is 5.56 Å². The van der Waals surface area contributed by atoms with Crippen LogP contribution in [0.2, 0.25) is 0 Å². The lowest BCUT2D eigenvalue weighted by Gasteiger charge is -2.16. The third kappa shape index (κ3) is 3.77. The van der Waals surface area contributed by atoms with Gasteiger partial charge >= 0.3 is 5.97 Å². The maximum absolute atomic E-state index is 10.8. The number of nitriles is 1. The molecule has 4 heteroatoms. The standard InChI is InChI=1S/C14H17NO3/c1-10-8-11(13(16)17)4-5-12(10)18-7-6-14(2,3)9-15/h4-5,8H,6-7H2,1-3H3,(H,16,17). The smallest absolute Gasteiger partial charge is 0.335 e. The van der Waals surface area contributed by atoms with Gasteiger partial charge in [0.05, 0.1) is 23.7 Å². The third-order valence-corrected chi connectivity index (χ3v) is 2.71. The van der Waals surface area contributed by atoms with Crippen LogP contribution in [0.25, 0.3) is 0 Å². The highest BCUT2D eigenvalue weighted by atomic mass is 16.5. The number of rotatable bonds is 5. The van der Waals surface area contributed by atoms with Crippen LogP contribution in [-0.2, 0) is 0 Å². The molecule has 0 radical (unpaired) electrons. The molecule has 0 unspecified atom stereocenters. The van der Waals surface area contributed by atoms with Crippen molar-refractivity contribution in [1.82, 2.24) is 0 Å². The van der Waals surface area contributed by atoms with E-state index in [0.717, 1.165) is 5.56 Å². The van der Waals surface area contributed by atoms with E-state index in [1.165, 1.54) is 6.07 Å². The van der Waals surface area contributed by atoms with Crippen molar-refractivity contribution in [2.24, 2.45) is 5.41 Å². The number of aromatic carboxylic acids is 1. The molecule has 0 saturated carbocycles. The van der Waals surface area contributed by atoms with Gasteiger partial charge in [-0.15, -0.1) is 0 Å². The molecule has 0 aliphatic rings. The van der Waals surface area contributed by atoms with Crippen LogP contribution in [0.4, 0.5) is 0 Å². The Morgan fingerprint density at radius 3 is 2.67 bits per heavy atom. The molecule has 96 valence electrons. The first-order valence-electron chi connectivity index (χ1n) is 5.74. The van der Waals surface area contributed by atoms with Gasteiger partial charge in [-0.05, 0) is 51.0 Å². The van der Waals surface area contributed by atoms with Gasteiger partial charge in [0.2, 0.25) is 0 Å². The van der Waals surface area contributed by atoms with Crippen molar-refractivity contribution in [2.75, 3.05) is 6.61 Å². The average Bonchev–Trinajstić information content (AvgIpc) is 2.31. The van der Waals surface area contributed by atoms with Crippen LogP contribution < -0.4 is 4.74 Å². The molecule has 0 amide bonds. The monoisotopic (exact) mass is 247 g/mol. The third-order valence-electron chi connectivity index (χ3n) is 2.71. The zero-order valence-electron chi connectivity index (χ0n) is 10.9. The Balaban J connectivity index is 2.65. The second kappa shape index (κ2) is 5.54. The van der Waals surface area contributed by atoms with Gasteiger partial charge in [-0.3, -0.25) is 0 Å². The summed E-state index contributed by atoms with van der Waals surface area (Å²) in [6.45, 7) is 5.96. The van der Waals surface area contributed by atoms with Gasteiger partial charge in [0.15, 0.2) is 0 Å². The lowest BCUT2D eigenvalue weighted by Crippen LogP contribution is -2.13. The molecule has 1 aromatic carbocycles. The first-order chi connectivity index (χ1) is 8.35. The van der Waals surface area contributed by atoms with Crippen molar-refractivity contribution in [3.63, 3.8) is 0 Å². The summed E-state index contributed by atoms with van der Waals surface area (Å²) in [5.41, 5.74) is 0.622. The number of nitrogens with zero attached hydrogens (tertiary/aromatic N) is 1. The lowest BCUT2D eigenvalue weighted by molar-refractivity contribution is 0.0696. The number of carbonyl (C=O) groups is 1. The highest BCUT2D eigenvalue weighted by molar-refractivity contribution is 5.88. The van der Waals surface area contributed by atoms with Crippen molar-refractivity contribution >= 4 is 5.97 Å². The Kier molecular flexibility index (Phi) is 4.33. The van der Waals surface area contributed by atoms with Gasteiger partial charge in [-0.2, -0.15) is 5.26 Å². The summed E-state index contributed by atoms with van der Waals surface area (Å²) in [7, 11) is 0. The van der Waals surface area contributed by atoms with E-state index in [4.69, 9.17) is 15.1 Å². The molecular weight excluding hydrogens is 230 g/mol. The van der Waals surface area contributed by atoms with E-state index < -0.39 is 11.4 Å². The molecule has 0 aliphatic carbocycles. The number of hydrogen-bond donors (Lipinski definition) is 1. The Hall–Kier alpha value is -2.02. The first-order valence-corrected chi connectivity index (χ1v) is 5.74. The summed E-state index contributed by atoms with van der Waals surface area (Å²) in [6, 6.07) is 6.95. The molecule has 1 N–H and O–H groups in total. The zero-order chi connectivity index (χ0) is 13.8. The number of aryl methyl sites for hydroxylation is 1. The molecule has 0 aliphatic heterocycles. The largest absolute Gasteiger partial charge is 0.493 e. The molecule has 0 heterocycles. The summed E-state index contributed by atoms with van der Waals surface area (Å²) in [5, 5.41) is 17.7. The Labute approximate surface area is 107 Å². The van der Waals surface area contributed by atoms with E-state index in [2.05, 4.69) is 6.07 Å². The number of carboxylic acids is 1. The Bertz CT molecular complexity index is 486. The SMILES string of the molecule is Cc1cc(C(=O)O)ccc1OCCC(C)(C)C#N. The number of carboxylic acid groups (broad SMARTS) is 1. The van der Waals surface area contributed by atoms with Crippen LogP contribution in [-0.4, -0.2) is 17.7 Å². The second-order valence-corrected chi connectivity index (χ2v) is 4.88. The fourth-order valence-electron chi connectivity index (χ4n) is 1.42. The fraction of sp³-hybridized carbons (Fsp3) is 0.429. The van der Waals surface area contributed by atoms with Crippen LogP contribution >= 0.6 is 0 Å². The summed E-state index contributed by atoms with van der Waals surface area (Å²) in [6.07, 6.45) is 0.629. The van der Waals surface area contributed by atoms with Gasteiger partial charge in [-0.1, -0.05) is 0 Å². The second-order valence-electron chi connectivity index (χ2n) is 4.88. The number of benzene rings is 1. The van der Waals surface area contributed by atoms with Crippen molar-refractivity contribution < 1.29 is 14.6 Å². The predicted molar refractivity (Wildman–Crippen MR) is 67.6 cm³/mol. The molecule has 0 saturated heterocycles. The minimum atomic E-state index is -0.949. The predicted octanol–water partition coefficient (Wildman–Crippen LogP) is 3.01. The average molecular weight is 247 g/mol. The van der Waals surface area contributed by atoms with E-state index in [1.807, 2.05) is 13.8 Å². The lowest BCUT2D eigenvalue weighted by atomic mass is 9.92. The molecule has 0 aromatic heterocycles. The van der Waals surface area contributed by atoms with Crippen molar-refractivity contribution in [2.45, 2.75) is 27.2 Å². The minimum absolute atomic E-state index is 0.247. The Morgan fingerprint density at radius 1 is 1.50 bits per heavy atom. The molecule has 0 bridgehead atoms. The van der Waals surface area contributed by atoms with Crippen molar-refractivity contribution in [1.29, 1.82) is 5.26 Å². The summed E-state index contributed by atoms with van der Waals surface area (Å²) in [4.78, 5) is 10.8. The molecule has 1 aromatic rings. The quantitative estimate of drug-likeness (QED) is 0.868. The van der Waals surface area contributed by atoms with Crippen LogP contribution in [0.15, 0.2) is 18.2 Å². The molecule has 0 spiro atoms. The van der Waals surface area contributed by atoms with E-state index in [1.54, 1.807) is 19.1 Å². The van der Waals surface area contributed by atoms with Gasteiger partial charge in [0.25, 0.3) is 0 Å². The van der Waals surface area contributed by atoms with Gasteiger partial charge in [0, 0.05) is 0 Å². The number of ether oxygens (including phenoxy) is 1. The van der Waals surface area contributed by atoms with E-state index in [0.29, 0.717) is 18.8 Å². The van der Waals surface area contributed by atoms with Gasteiger partial charge in [-0.25, -0.2) is 4.79 Å². The summed E-state index contributed by atoms with van der Waals surface area (Å²) < 4.78 is 5.57. The molecule has 4 nitrogen and oxygen atoms in total. The van der Waals surface area contributed by atoms with Crippen molar-refractivity contribution in [3.8, 4) is 11.8 Å². The van der Waals surface area contributed by atoms with Crippen molar-refractivity contribution in [3.05, 3.63) is 29.3 Å². The highest BCUT2D eigenvalue weighted by Gasteiger charge is 2.16. The fourth-order valence-corrected chi connectivity index (χ4v) is 1.42. The van der Waals surface area contributed by atoms with Crippen LogP contribution in [0.5, 0.6) is 5.75 Å². The molecule has 1 rings (SSSR count). The Morgan fingerprint density at radius 2 is 2.17 bits per heavy atom. The summed E-state index contributed by atoms with van der Waals surface area (Å²) in [5.74, 6) is -0.288. The minimum Gasteiger partial charge on any atom is -0.493 e. The highest BCUT2D eigenvalue weighted by Crippen LogP contribution is 2.22. The van der Waals surface area contributed by atoms with Crippen LogP contribution in [0.1, 0.15) is 36.2 Å². The first kappa shape index (κ1) is 14.0. The maximum Gasteiger partial charge on any atom is 0.335 e. The van der Waals surface area contributed by atoms with Crippen LogP contribution in [0.3, 0.4) is 0 Å². The molecule has 18 heavy (non-hydrogen) atoms. The van der Waals surface area contributed by atoms with E-state index in [9.17, 15) is 4.79 Å². The van der Waals surface area contributed by atoms with E-state index >= 15 is 0 Å². The van der Waals surface area contributed by atoms with Gasteiger partial charge in [0.1, 0.15) is 5.75 Å². The topological polar surface area (TPSA) is 70.3 Å². The van der Waals surface area contributed by atoms with Gasteiger partial charge < -0.3 is 9.84 Å². The molecule has 0 fully saturated rings. The summed E-state index contributed by atoms with van der Waals surface area (Å²) >= 11 is 0. The molecular formula is C14H17NO3. The molecule has 0 atom stereocenters. The van der Waals surface area contributed by atoms with Crippen LogP contribution in [0, 0.1) is 23.7 Å². The maximum atomic E-state index is 10.8.